The quantitative estimate of drug-likeness (QED) is 0.188. The second kappa shape index (κ2) is 9.83. The second-order valence-corrected chi connectivity index (χ2v) is 12.8. The molecule has 0 saturated carbocycles. The third-order valence-corrected chi connectivity index (χ3v) is 10.4. The summed E-state index contributed by atoms with van der Waals surface area (Å²) in [5, 5.41) is 8.19. The Bertz CT molecular complexity index is 2830. The van der Waals surface area contributed by atoms with Crippen LogP contribution in [0.3, 0.4) is 0 Å². The monoisotopic (exact) mass is 604 g/mol. The highest BCUT2D eigenvalue weighted by atomic mass is 32.1. The molecule has 4 heteroatoms. The standard InChI is InChI=1S/C42H24N2OS/c1-2-15-34-31(13-1)33-18-7-16-29(37(33)38-39-42(45-40(34)38)44-22-21-43-39)27-11-5-9-25(23-27)26-10-6-12-28(24-26)30-17-8-19-35-32-14-3-4-20-36(32)46-41(30)35/h1-24H. The zero-order valence-electron chi connectivity index (χ0n) is 24.6. The number of rotatable bonds is 3. The van der Waals surface area contributed by atoms with Crippen molar-refractivity contribution in [3.8, 4) is 33.4 Å². The van der Waals surface area contributed by atoms with E-state index in [1.165, 1.54) is 47.8 Å². The molecule has 0 spiro atoms. The van der Waals surface area contributed by atoms with Gasteiger partial charge in [-0.05, 0) is 62.4 Å². The van der Waals surface area contributed by atoms with Gasteiger partial charge < -0.3 is 4.42 Å². The molecule has 214 valence electrons. The lowest BCUT2D eigenvalue weighted by Gasteiger charge is -2.13. The summed E-state index contributed by atoms with van der Waals surface area (Å²) in [7, 11) is 0. The number of thiophene rings is 1. The molecule has 0 N–H and O–H groups in total. The molecule has 0 bridgehead atoms. The van der Waals surface area contributed by atoms with Crippen LogP contribution in [0.1, 0.15) is 0 Å². The molecule has 10 rings (SSSR count). The minimum absolute atomic E-state index is 0.559. The van der Waals surface area contributed by atoms with Crippen molar-refractivity contribution in [1.82, 2.24) is 9.97 Å². The Hall–Kier alpha value is -5.84. The zero-order chi connectivity index (χ0) is 30.2. The van der Waals surface area contributed by atoms with E-state index in [1.807, 2.05) is 11.3 Å². The van der Waals surface area contributed by atoms with E-state index in [0.29, 0.717) is 5.71 Å². The second-order valence-electron chi connectivity index (χ2n) is 11.7. The summed E-state index contributed by atoms with van der Waals surface area (Å²) in [5.74, 6) is 0. The summed E-state index contributed by atoms with van der Waals surface area (Å²) in [4.78, 5) is 9.27. The third-order valence-electron chi connectivity index (χ3n) is 9.19. The van der Waals surface area contributed by atoms with Gasteiger partial charge in [0.2, 0.25) is 5.71 Å². The summed E-state index contributed by atoms with van der Waals surface area (Å²) < 4.78 is 9.04. The van der Waals surface area contributed by atoms with Crippen LogP contribution in [0.15, 0.2) is 150 Å². The Labute approximate surface area is 268 Å². The number of hydrogen-bond acceptors (Lipinski definition) is 4. The van der Waals surface area contributed by atoms with Gasteiger partial charge in [0.15, 0.2) is 0 Å². The van der Waals surface area contributed by atoms with Crippen molar-refractivity contribution in [2.75, 3.05) is 0 Å². The van der Waals surface area contributed by atoms with Crippen molar-refractivity contribution in [2.24, 2.45) is 0 Å². The van der Waals surface area contributed by atoms with Gasteiger partial charge in [-0.15, -0.1) is 11.3 Å². The fourth-order valence-corrected chi connectivity index (χ4v) is 8.40. The van der Waals surface area contributed by atoms with Gasteiger partial charge in [0.25, 0.3) is 0 Å². The Balaban J connectivity index is 1.18. The molecule has 0 aliphatic heterocycles. The Morgan fingerprint density at radius 2 is 1.07 bits per heavy atom. The Kier molecular flexibility index (Phi) is 5.45. The highest BCUT2D eigenvalue weighted by Crippen LogP contribution is 2.44. The van der Waals surface area contributed by atoms with Crippen molar-refractivity contribution in [2.45, 2.75) is 0 Å². The van der Waals surface area contributed by atoms with Gasteiger partial charge in [0.1, 0.15) is 11.1 Å². The van der Waals surface area contributed by atoms with E-state index in [4.69, 9.17) is 9.40 Å². The van der Waals surface area contributed by atoms with Gasteiger partial charge in [0, 0.05) is 43.3 Å². The summed E-state index contributed by atoms with van der Waals surface area (Å²) in [5.41, 5.74) is 9.33. The highest BCUT2D eigenvalue weighted by molar-refractivity contribution is 7.26. The van der Waals surface area contributed by atoms with Gasteiger partial charge in [-0.2, -0.15) is 0 Å². The smallest absolute Gasteiger partial charge is 0.246 e. The van der Waals surface area contributed by atoms with Crippen molar-refractivity contribution in [3.63, 3.8) is 0 Å². The molecule has 0 aliphatic rings. The molecule has 3 heterocycles. The molecular weight excluding hydrogens is 581 g/mol. The summed E-state index contributed by atoms with van der Waals surface area (Å²) in [6.07, 6.45) is 3.43. The van der Waals surface area contributed by atoms with Crippen molar-refractivity contribution >= 4 is 75.3 Å². The fraction of sp³-hybridized carbons (Fsp3) is 0. The Morgan fingerprint density at radius 1 is 0.457 bits per heavy atom. The number of fused-ring (bicyclic) bond motifs is 11. The zero-order valence-corrected chi connectivity index (χ0v) is 25.4. The summed E-state index contributed by atoms with van der Waals surface area (Å²) in [6.45, 7) is 0. The van der Waals surface area contributed by atoms with Crippen LogP contribution in [0.25, 0.3) is 97.3 Å². The summed E-state index contributed by atoms with van der Waals surface area (Å²) in [6, 6.07) is 48.2. The molecule has 0 amide bonds. The van der Waals surface area contributed by atoms with Gasteiger partial charge in [-0.25, -0.2) is 9.97 Å². The SMILES string of the molecule is c1cc(-c2cccc(-c3cccc4c5ccccc5c5oc6nccnc6c5c34)c2)cc(-c2cccc3c2sc2ccccc23)c1. The molecule has 0 fully saturated rings. The average Bonchev–Trinajstić information content (AvgIpc) is 3.71. The highest BCUT2D eigenvalue weighted by Gasteiger charge is 2.20. The molecule has 46 heavy (non-hydrogen) atoms. The lowest BCUT2D eigenvalue weighted by Crippen LogP contribution is -1.87. The number of hydrogen-bond donors (Lipinski definition) is 0. The van der Waals surface area contributed by atoms with Crippen molar-refractivity contribution in [1.29, 1.82) is 0 Å². The number of benzene rings is 7. The van der Waals surface area contributed by atoms with E-state index in [1.54, 1.807) is 12.4 Å². The molecule has 3 aromatic heterocycles. The van der Waals surface area contributed by atoms with Crippen molar-refractivity contribution in [3.05, 3.63) is 146 Å². The predicted octanol–water partition coefficient (Wildman–Crippen LogP) is 12.1. The molecule has 0 unspecified atom stereocenters. The van der Waals surface area contributed by atoms with E-state index < -0.39 is 0 Å². The first-order valence-corrected chi connectivity index (χ1v) is 16.2. The van der Waals surface area contributed by atoms with Crippen LogP contribution in [0, 0.1) is 0 Å². The molecule has 0 atom stereocenters. The van der Waals surface area contributed by atoms with Gasteiger partial charge in [0.05, 0.1) is 5.39 Å². The third kappa shape index (κ3) is 3.71. The van der Waals surface area contributed by atoms with E-state index in [-0.39, 0.29) is 0 Å². The molecule has 0 saturated heterocycles. The maximum atomic E-state index is 6.39. The molecule has 3 nitrogen and oxygen atoms in total. The van der Waals surface area contributed by atoms with Crippen LogP contribution < -0.4 is 0 Å². The van der Waals surface area contributed by atoms with Crippen LogP contribution in [0.4, 0.5) is 0 Å². The van der Waals surface area contributed by atoms with Gasteiger partial charge in [-0.3, -0.25) is 0 Å². The first-order chi connectivity index (χ1) is 22.8. The maximum absolute atomic E-state index is 6.39. The van der Waals surface area contributed by atoms with Gasteiger partial charge in [-0.1, -0.05) is 115 Å². The van der Waals surface area contributed by atoms with Crippen LogP contribution in [0.5, 0.6) is 0 Å². The molecule has 7 aromatic carbocycles. The number of nitrogens with zero attached hydrogens (tertiary/aromatic N) is 2. The van der Waals surface area contributed by atoms with E-state index in [9.17, 15) is 0 Å². The molecule has 0 aliphatic carbocycles. The fourth-order valence-electron chi connectivity index (χ4n) is 7.16. The first-order valence-electron chi connectivity index (χ1n) is 15.4. The first kappa shape index (κ1) is 25.5. The summed E-state index contributed by atoms with van der Waals surface area (Å²) >= 11 is 1.87. The van der Waals surface area contributed by atoms with Gasteiger partial charge >= 0.3 is 0 Å². The molecule has 0 radical (unpaired) electrons. The number of furan rings is 1. The molecular formula is C42H24N2OS. The van der Waals surface area contributed by atoms with Crippen molar-refractivity contribution < 1.29 is 4.42 Å². The minimum atomic E-state index is 0.559. The molecule has 10 aromatic rings. The Morgan fingerprint density at radius 3 is 1.89 bits per heavy atom. The van der Waals surface area contributed by atoms with Crippen LogP contribution >= 0.6 is 11.3 Å². The maximum Gasteiger partial charge on any atom is 0.246 e. The predicted molar refractivity (Wildman–Crippen MR) is 194 cm³/mol. The van der Waals surface area contributed by atoms with E-state index in [0.717, 1.165) is 43.8 Å². The average molecular weight is 605 g/mol. The largest absolute Gasteiger partial charge is 0.436 e. The van der Waals surface area contributed by atoms with E-state index in [2.05, 4.69) is 138 Å². The van der Waals surface area contributed by atoms with E-state index >= 15 is 0 Å². The lowest BCUT2D eigenvalue weighted by atomic mass is 9.90. The van der Waals surface area contributed by atoms with Crippen LogP contribution in [-0.4, -0.2) is 9.97 Å². The minimum Gasteiger partial charge on any atom is -0.436 e. The van der Waals surface area contributed by atoms with Crippen LogP contribution in [-0.2, 0) is 0 Å². The topological polar surface area (TPSA) is 38.9 Å². The normalized spacial score (nSPS) is 11.9. The lowest BCUT2D eigenvalue weighted by molar-refractivity contribution is 0.656. The number of aromatic nitrogens is 2. The van der Waals surface area contributed by atoms with Crippen LogP contribution in [0.2, 0.25) is 0 Å².